The Balaban J connectivity index is 1.99. The van der Waals surface area contributed by atoms with Gasteiger partial charge in [0, 0.05) is 17.3 Å². The first kappa shape index (κ1) is 15.0. The van der Waals surface area contributed by atoms with Crippen molar-refractivity contribution in [2.75, 3.05) is 0 Å². The van der Waals surface area contributed by atoms with Gasteiger partial charge in [-0.15, -0.1) is 0 Å². The van der Waals surface area contributed by atoms with E-state index in [1.807, 2.05) is 13.8 Å². The van der Waals surface area contributed by atoms with Crippen LogP contribution in [0.2, 0.25) is 0 Å². The van der Waals surface area contributed by atoms with Crippen LogP contribution >= 0.6 is 0 Å². The minimum absolute atomic E-state index is 0.0631. The van der Waals surface area contributed by atoms with Gasteiger partial charge in [0.2, 0.25) is 0 Å². The third-order valence-corrected chi connectivity index (χ3v) is 3.96. The number of hydrogen-bond donors (Lipinski definition) is 0. The lowest BCUT2D eigenvalue weighted by molar-refractivity contribution is -0.189. The standard InChI is InChI=1S/C17H20F2N2O/c1-12(2)21-15-11-7-6-10-14(15)16(20-21)17(18,19)22-13-8-4-3-5-9-13/h3-5,8-9,12H,6-7,10-11H2,1-2H3. The Morgan fingerprint density at radius 1 is 1.14 bits per heavy atom. The molecule has 1 aliphatic rings. The highest BCUT2D eigenvalue weighted by Gasteiger charge is 2.42. The van der Waals surface area contributed by atoms with Crippen LogP contribution in [0.15, 0.2) is 30.3 Å². The van der Waals surface area contributed by atoms with Crippen molar-refractivity contribution in [3.8, 4) is 5.75 Å². The smallest absolute Gasteiger partial charge is 0.428 e. The lowest BCUT2D eigenvalue weighted by Gasteiger charge is -2.19. The van der Waals surface area contributed by atoms with Crippen molar-refractivity contribution >= 4 is 0 Å². The zero-order chi connectivity index (χ0) is 15.7. The number of para-hydroxylation sites is 1. The van der Waals surface area contributed by atoms with E-state index >= 15 is 0 Å². The third-order valence-electron chi connectivity index (χ3n) is 3.96. The van der Waals surface area contributed by atoms with Gasteiger partial charge in [-0.25, -0.2) is 0 Å². The number of aromatic nitrogens is 2. The second-order valence-corrected chi connectivity index (χ2v) is 5.95. The monoisotopic (exact) mass is 306 g/mol. The number of hydrogen-bond acceptors (Lipinski definition) is 2. The van der Waals surface area contributed by atoms with E-state index < -0.39 is 6.11 Å². The molecular formula is C17H20F2N2O. The predicted molar refractivity (Wildman–Crippen MR) is 80.2 cm³/mol. The molecule has 22 heavy (non-hydrogen) atoms. The quantitative estimate of drug-likeness (QED) is 0.833. The molecule has 0 fully saturated rings. The maximum atomic E-state index is 14.6. The summed E-state index contributed by atoms with van der Waals surface area (Å²) in [7, 11) is 0. The summed E-state index contributed by atoms with van der Waals surface area (Å²) in [5.74, 6) is 0.149. The molecular weight excluding hydrogens is 286 g/mol. The van der Waals surface area contributed by atoms with Crippen LogP contribution in [-0.2, 0) is 19.0 Å². The molecule has 0 saturated heterocycles. The summed E-state index contributed by atoms with van der Waals surface area (Å²) in [6, 6.07) is 8.23. The lowest BCUT2D eigenvalue weighted by atomic mass is 9.95. The molecule has 0 unspecified atom stereocenters. The average molecular weight is 306 g/mol. The molecule has 5 heteroatoms. The molecule has 0 spiro atoms. The number of benzene rings is 1. The predicted octanol–water partition coefficient (Wildman–Crippen LogP) is 4.47. The summed E-state index contributed by atoms with van der Waals surface area (Å²) in [4.78, 5) is 0. The van der Waals surface area contributed by atoms with Gasteiger partial charge >= 0.3 is 6.11 Å². The first-order valence-electron chi connectivity index (χ1n) is 7.71. The highest BCUT2D eigenvalue weighted by Crippen LogP contribution is 2.37. The summed E-state index contributed by atoms with van der Waals surface area (Å²) in [5, 5.41) is 4.20. The first-order chi connectivity index (χ1) is 10.5. The van der Waals surface area contributed by atoms with Crippen molar-refractivity contribution in [2.45, 2.75) is 51.7 Å². The number of rotatable bonds is 4. The van der Waals surface area contributed by atoms with Crippen LogP contribution in [0.5, 0.6) is 5.75 Å². The molecule has 0 radical (unpaired) electrons. The van der Waals surface area contributed by atoms with Gasteiger partial charge in [-0.1, -0.05) is 18.2 Å². The van der Waals surface area contributed by atoms with Gasteiger partial charge in [-0.05, 0) is 51.7 Å². The fraction of sp³-hybridized carbons (Fsp3) is 0.471. The molecule has 0 N–H and O–H groups in total. The maximum absolute atomic E-state index is 14.6. The van der Waals surface area contributed by atoms with Crippen molar-refractivity contribution in [1.29, 1.82) is 0 Å². The van der Waals surface area contributed by atoms with Gasteiger partial charge < -0.3 is 4.74 Å². The number of ether oxygens (including phenoxy) is 1. The molecule has 0 bridgehead atoms. The SMILES string of the molecule is CC(C)n1nc(C(F)(F)Oc2ccccc2)c2c1CCCC2. The van der Waals surface area contributed by atoms with E-state index in [9.17, 15) is 8.78 Å². The van der Waals surface area contributed by atoms with Gasteiger partial charge in [-0.2, -0.15) is 13.9 Å². The molecule has 0 aliphatic heterocycles. The van der Waals surface area contributed by atoms with Crippen molar-refractivity contribution in [2.24, 2.45) is 0 Å². The number of alkyl halides is 2. The van der Waals surface area contributed by atoms with Crippen LogP contribution in [0, 0.1) is 0 Å². The largest absolute Gasteiger partial charge is 0.446 e. The Morgan fingerprint density at radius 3 is 2.50 bits per heavy atom. The van der Waals surface area contributed by atoms with Crippen LogP contribution in [-0.4, -0.2) is 9.78 Å². The van der Waals surface area contributed by atoms with Crippen molar-refractivity contribution < 1.29 is 13.5 Å². The van der Waals surface area contributed by atoms with Crippen molar-refractivity contribution in [3.63, 3.8) is 0 Å². The summed E-state index contributed by atoms with van der Waals surface area (Å²) in [6.45, 7) is 3.92. The van der Waals surface area contributed by atoms with E-state index in [1.165, 1.54) is 12.1 Å². The molecule has 1 aliphatic carbocycles. The van der Waals surface area contributed by atoms with E-state index in [1.54, 1.807) is 22.9 Å². The van der Waals surface area contributed by atoms with E-state index in [2.05, 4.69) is 5.10 Å². The van der Waals surface area contributed by atoms with E-state index in [0.717, 1.165) is 25.0 Å². The second-order valence-electron chi connectivity index (χ2n) is 5.95. The fourth-order valence-electron chi connectivity index (χ4n) is 2.97. The van der Waals surface area contributed by atoms with Crippen LogP contribution < -0.4 is 4.74 Å². The first-order valence-corrected chi connectivity index (χ1v) is 7.71. The summed E-state index contributed by atoms with van der Waals surface area (Å²) in [6.07, 6.45) is -0.0167. The second kappa shape index (κ2) is 5.71. The van der Waals surface area contributed by atoms with Crippen molar-refractivity contribution in [3.05, 3.63) is 47.3 Å². The molecule has 3 rings (SSSR count). The minimum atomic E-state index is -3.41. The van der Waals surface area contributed by atoms with Gasteiger partial charge in [0.15, 0.2) is 5.69 Å². The normalized spacial score (nSPS) is 15.0. The Labute approximate surface area is 128 Å². The molecule has 0 amide bonds. The molecule has 0 atom stereocenters. The molecule has 0 saturated carbocycles. The number of halogens is 2. The molecule has 1 aromatic carbocycles. The molecule has 118 valence electrons. The summed E-state index contributed by atoms with van der Waals surface area (Å²) >= 11 is 0. The van der Waals surface area contributed by atoms with Gasteiger partial charge in [0.1, 0.15) is 5.75 Å². The summed E-state index contributed by atoms with van der Waals surface area (Å²) in [5.41, 5.74) is 1.38. The Kier molecular flexibility index (Phi) is 3.89. The lowest BCUT2D eigenvalue weighted by Crippen LogP contribution is -2.24. The van der Waals surface area contributed by atoms with Crippen LogP contribution in [0.1, 0.15) is 49.7 Å². The molecule has 2 aromatic rings. The maximum Gasteiger partial charge on any atom is 0.446 e. The van der Waals surface area contributed by atoms with Crippen molar-refractivity contribution in [1.82, 2.24) is 9.78 Å². The fourth-order valence-corrected chi connectivity index (χ4v) is 2.97. The summed E-state index contributed by atoms with van der Waals surface area (Å²) < 4.78 is 35.9. The zero-order valence-electron chi connectivity index (χ0n) is 12.9. The Bertz CT molecular complexity index is 650. The van der Waals surface area contributed by atoms with E-state index in [0.29, 0.717) is 12.0 Å². The van der Waals surface area contributed by atoms with Gasteiger partial charge in [0.05, 0.1) is 0 Å². The molecule has 1 aromatic heterocycles. The zero-order valence-corrected chi connectivity index (χ0v) is 12.9. The number of nitrogens with zero attached hydrogens (tertiary/aromatic N) is 2. The Hall–Kier alpha value is -1.91. The van der Waals surface area contributed by atoms with Crippen LogP contribution in [0.3, 0.4) is 0 Å². The molecule has 3 nitrogen and oxygen atoms in total. The minimum Gasteiger partial charge on any atom is -0.428 e. The highest BCUT2D eigenvalue weighted by molar-refractivity contribution is 5.32. The van der Waals surface area contributed by atoms with E-state index in [-0.39, 0.29) is 17.5 Å². The van der Waals surface area contributed by atoms with E-state index in [4.69, 9.17) is 4.74 Å². The number of fused-ring (bicyclic) bond motifs is 1. The average Bonchev–Trinajstić information content (AvgIpc) is 2.88. The Morgan fingerprint density at radius 2 is 1.82 bits per heavy atom. The van der Waals surface area contributed by atoms with Gasteiger partial charge in [0.25, 0.3) is 0 Å². The highest BCUT2D eigenvalue weighted by atomic mass is 19.3. The third kappa shape index (κ3) is 2.72. The van der Waals surface area contributed by atoms with Gasteiger partial charge in [-0.3, -0.25) is 4.68 Å². The molecule has 1 heterocycles. The van der Waals surface area contributed by atoms with Crippen LogP contribution in [0.25, 0.3) is 0 Å². The topological polar surface area (TPSA) is 27.1 Å². The van der Waals surface area contributed by atoms with Crippen LogP contribution in [0.4, 0.5) is 8.78 Å².